The lowest BCUT2D eigenvalue weighted by atomic mass is 10.1. The van der Waals surface area contributed by atoms with Gasteiger partial charge in [-0.1, -0.05) is 50.2 Å². The van der Waals surface area contributed by atoms with Crippen molar-refractivity contribution in [3.63, 3.8) is 0 Å². The standard InChI is InChI=1S/C27H34FN5O2/c1-18(2)15-32(26(35)31-27(4,5)6)17-24(34)30-25-29-23(20-10-8-7-9-11-20)16-33(25)21-13-12-19(3)22(28)14-21/h7-14,16,18H,15,17H2,1-6H3,(H,31,35)(H,29,30,34). The molecule has 0 saturated carbocycles. The number of anilines is 1. The average molecular weight is 480 g/mol. The van der Waals surface area contributed by atoms with E-state index in [2.05, 4.69) is 15.6 Å². The fourth-order valence-electron chi connectivity index (χ4n) is 3.54. The van der Waals surface area contributed by atoms with Gasteiger partial charge in [-0.25, -0.2) is 14.2 Å². The van der Waals surface area contributed by atoms with Crippen molar-refractivity contribution in [3.05, 3.63) is 66.1 Å². The topological polar surface area (TPSA) is 79.3 Å². The molecule has 1 heterocycles. The van der Waals surface area contributed by atoms with E-state index in [1.807, 2.05) is 65.0 Å². The van der Waals surface area contributed by atoms with Gasteiger partial charge in [-0.3, -0.25) is 14.7 Å². The highest BCUT2D eigenvalue weighted by molar-refractivity contribution is 5.93. The minimum atomic E-state index is -0.431. The summed E-state index contributed by atoms with van der Waals surface area (Å²) in [6.45, 7) is 11.6. The maximum atomic E-state index is 14.3. The monoisotopic (exact) mass is 479 g/mol. The molecule has 0 bridgehead atoms. The van der Waals surface area contributed by atoms with Crippen LogP contribution in [0.5, 0.6) is 0 Å². The Morgan fingerprint density at radius 1 is 1.11 bits per heavy atom. The summed E-state index contributed by atoms with van der Waals surface area (Å²) < 4.78 is 16.0. The number of nitrogens with zero attached hydrogens (tertiary/aromatic N) is 3. The molecule has 35 heavy (non-hydrogen) atoms. The summed E-state index contributed by atoms with van der Waals surface area (Å²) in [5, 5.41) is 5.74. The van der Waals surface area contributed by atoms with Crippen LogP contribution in [0.15, 0.2) is 54.7 Å². The molecular formula is C27H34FN5O2. The van der Waals surface area contributed by atoms with E-state index < -0.39 is 11.4 Å². The van der Waals surface area contributed by atoms with Gasteiger partial charge in [0.05, 0.1) is 11.4 Å². The highest BCUT2D eigenvalue weighted by Gasteiger charge is 2.23. The Morgan fingerprint density at radius 3 is 2.40 bits per heavy atom. The number of aromatic nitrogens is 2. The molecule has 8 heteroatoms. The maximum absolute atomic E-state index is 14.3. The van der Waals surface area contributed by atoms with Crippen molar-refractivity contribution in [2.24, 2.45) is 5.92 Å². The largest absolute Gasteiger partial charge is 0.333 e. The molecule has 0 aliphatic rings. The number of nitrogens with one attached hydrogen (secondary N) is 2. The van der Waals surface area contributed by atoms with Crippen LogP contribution in [0.4, 0.5) is 15.1 Å². The number of imidazole rings is 1. The molecule has 7 nitrogen and oxygen atoms in total. The van der Waals surface area contributed by atoms with Crippen molar-refractivity contribution in [1.82, 2.24) is 19.8 Å². The number of hydrogen-bond donors (Lipinski definition) is 2. The SMILES string of the molecule is Cc1ccc(-n2cc(-c3ccccc3)nc2NC(=O)CN(CC(C)C)C(=O)NC(C)(C)C)cc1F. The smallest absolute Gasteiger partial charge is 0.318 e. The Bertz CT molecular complexity index is 1180. The average Bonchev–Trinajstić information content (AvgIpc) is 3.18. The Kier molecular flexibility index (Phi) is 7.94. The maximum Gasteiger partial charge on any atom is 0.318 e. The number of halogens is 1. The Hall–Kier alpha value is -3.68. The van der Waals surface area contributed by atoms with Gasteiger partial charge in [0.1, 0.15) is 12.4 Å². The normalized spacial score (nSPS) is 11.4. The first-order valence-electron chi connectivity index (χ1n) is 11.7. The van der Waals surface area contributed by atoms with Crippen molar-refractivity contribution in [2.45, 2.75) is 47.1 Å². The number of rotatable bonds is 7. The van der Waals surface area contributed by atoms with E-state index in [0.29, 0.717) is 23.5 Å². The first-order valence-corrected chi connectivity index (χ1v) is 11.7. The first-order chi connectivity index (χ1) is 16.4. The summed E-state index contributed by atoms with van der Waals surface area (Å²) in [4.78, 5) is 32.0. The van der Waals surface area contributed by atoms with Crippen LogP contribution in [0.1, 0.15) is 40.2 Å². The minimum Gasteiger partial charge on any atom is -0.333 e. The van der Waals surface area contributed by atoms with Crippen molar-refractivity contribution < 1.29 is 14.0 Å². The van der Waals surface area contributed by atoms with Crippen molar-refractivity contribution >= 4 is 17.9 Å². The van der Waals surface area contributed by atoms with Crippen LogP contribution in [0.2, 0.25) is 0 Å². The van der Waals surface area contributed by atoms with Crippen LogP contribution in [0.3, 0.4) is 0 Å². The molecular weight excluding hydrogens is 445 g/mol. The van der Waals surface area contributed by atoms with Crippen LogP contribution in [-0.2, 0) is 4.79 Å². The summed E-state index contributed by atoms with van der Waals surface area (Å²) >= 11 is 0. The van der Waals surface area contributed by atoms with Gasteiger partial charge >= 0.3 is 6.03 Å². The third-order valence-corrected chi connectivity index (χ3v) is 5.15. The van der Waals surface area contributed by atoms with Crippen LogP contribution >= 0.6 is 0 Å². The molecule has 2 N–H and O–H groups in total. The molecule has 0 unspecified atom stereocenters. The molecule has 0 aliphatic heterocycles. The van der Waals surface area contributed by atoms with E-state index in [0.717, 1.165) is 5.56 Å². The van der Waals surface area contributed by atoms with Gasteiger partial charge in [0.15, 0.2) is 0 Å². The third-order valence-electron chi connectivity index (χ3n) is 5.15. The Morgan fingerprint density at radius 2 is 1.80 bits per heavy atom. The highest BCUT2D eigenvalue weighted by atomic mass is 19.1. The molecule has 1 aromatic heterocycles. The number of urea groups is 1. The van der Waals surface area contributed by atoms with E-state index in [-0.39, 0.29) is 30.3 Å². The van der Waals surface area contributed by atoms with Gasteiger partial charge in [0.25, 0.3) is 0 Å². The zero-order valence-corrected chi connectivity index (χ0v) is 21.2. The lowest BCUT2D eigenvalue weighted by molar-refractivity contribution is -0.116. The summed E-state index contributed by atoms with van der Waals surface area (Å²) in [5.41, 5.74) is 2.12. The zero-order chi connectivity index (χ0) is 25.8. The lowest BCUT2D eigenvalue weighted by Gasteiger charge is -2.29. The minimum absolute atomic E-state index is 0.143. The fourth-order valence-corrected chi connectivity index (χ4v) is 3.54. The number of amides is 3. The molecule has 186 valence electrons. The quantitative estimate of drug-likeness (QED) is 0.477. The van der Waals surface area contributed by atoms with Gasteiger partial charge in [0, 0.05) is 23.8 Å². The second kappa shape index (κ2) is 10.7. The molecule has 0 radical (unpaired) electrons. The molecule has 2 aromatic carbocycles. The molecule has 0 aliphatic carbocycles. The van der Waals surface area contributed by atoms with Gasteiger partial charge in [-0.05, 0) is 51.3 Å². The second-order valence-corrected chi connectivity index (χ2v) is 10.1. The number of aryl methyl sites for hydroxylation is 1. The molecule has 0 fully saturated rings. The fraction of sp³-hybridized carbons (Fsp3) is 0.370. The molecule has 0 saturated heterocycles. The highest BCUT2D eigenvalue weighted by Crippen LogP contribution is 2.25. The zero-order valence-electron chi connectivity index (χ0n) is 21.2. The van der Waals surface area contributed by atoms with E-state index in [1.54, 1.807) is 29.8 Å². The van der Waals surface area contributed by atoms with E-state index in [9.17, 15) is 14.0 Å². The number of carbonyl (C=O) groups is 2. The number of benzene rings is 2. The van der Waals surface area contributed by atoms with Gasteiger partial charge in [0.2, 0.25) is 11.9 Å². The summed E-state index contributed by atoms with van der Waals surface area (Å²) in [7, 11) is 0. The lowest BCUT2D eigenvalue weighted by Crippen LogP contribution is -2.51. The van der Waals surface area contributed by atoms with E-state index in [1.165, 1.54) is 11.0 Å². The number of hydrogen-bond acceptors (Lipinski definition) is 3. The summed E-state index contributed by atoms with van der Waals surface area (Å²) in [6, 6.07) is 14.1. The van der Waals surface area contributed by atoms with E-state index >= 15 is 0 Å². The van der Waals surface area contributed by atoms with E-state index in [4.69, 9.17) is 0 Å². The molecule has 0 atom stereocenters. The van der Waals surface area contributed by atoms with Crippen LogP contribution in [0.25, 0.3) is 16.9 Å². The van der Waals surface area contributed by atoms with Crippen LogP contribution < -0.4 is 10.6 Å². The van der Waals surface area contributed by atoms with Gasteiger partial charge in [-0.2, -0.15) is 0 Å². The molecule has 3 rings (SSSR count). The van der Waals surface area contributed by atoms with Gasteiger partial charge < -0.3 is 10.2 Å². The molecule has 3 aromatic rings. The summed E-state index contributed by atoms with van der Waals surface area (Å²) in [6.07, 6.45) is 1.76. The number of carbonyl (C=O) groups excluding carboxylic acids is 2. The van der Waals surface area contributed by atoms with Crippen molar-refractivity contribution in [1.29, 1.82) is 0 Å². The first kappa shape index (κ1) is 25.9. The summed E-state index contributed by atoms with van der Waals surface area (Å²) in [5.74, 6) is -0.320. The predicted molar refractivity (Wildman–Crippen MR) is 137 cm³/mol. The molecule has 0 spiro atoms. The van der Waals surface area contributed by atoms with Gasteiger partial charge in [-0.15, -0.1) is 0 Å². The second-order valence-electron chi connectivity index (χ2n) is 10.1. The van der Waals surface area contributed by atoms with Crippen molar-refractivity contribution in [3.8, 4) is 16.9 Å². The predicted octanol–water partition coefficient (Wildman–Crippen LogP) is 5.39. The Labute approximate surface area is 206 Å². The van der Waals surface area contributed by atoms with Crippen molar-refractivity contribution in [2.75, 3.05) is 18.4 Å². The third kappa shape index (κ3) is 7.15. The Balaban J connectivity index is 1.90. The molecule has 3 amide bonds. The van der Waals surface area contributed by atoms with Crippen LogP contribution in [-0.4, -0.2) is 45.0 Å². The van der Waals surface area contributed by atoms with Crippen LogP contribution in [0, 0.1) is 18.7 Å².